The summed E-state index contributed by atoms with van der Waals surface area (Å²) in [5, 5.41) is 2.51. The molecule has 0 saturated heterocycles. The highest BCUT2D eigenvalue weighted by molar-refractivity contribution is 6.10. The number of aryl methyl sites for hydroxylation is 1. The van der Waals surface area contributed by atoms with Crippen LogP contribution in [-0.4, -0.2) is 9.55 Å². The fraction of sp³-hybridized carbons (Fsp3) is 0.0606. The lowest BCUT2D eigenvalue weighted by Crippen LogP contribution is -1.92. The molecule has 0 aliphatic heterocycles. The van der Waals surface area contributed by atoms with Crippen LogP contribution in [0.1, 0.15) is 12.5 Å². The summed E-state index contributed by atoms with van der Waals surface area (Å²) in [6, 6.07) is 40.6. The number of hydrogen-bond donors (Lipinski definition) is 0. The molecule has 7 aromatic rings. The summed E-state index contributed by atoms with van der Waals surface area (Å²) in [7, 11) is 0. The van der Waals surface area contributed by atoms with Crippen molar-refractivity contribution in [2.45, 2.75) is 13.3 Å². The molecule has 0 atom stereocenters. The van der Waals surface area contributed by atoms with E-state index in [1.807, 2.05) is 6.07 Å². The molecule has 0 amide bonds. The molecule has 2 aromatic heterocycles. The Bertz CT molecular complexity index is 1860. The maximum atomic E-state index is 6.04. The van der Waals surface area contributed by atoms with Crippen LogP contribution in [0, 0.1) is 0 Å². The maximum absolute atomic E-state index is 6.04. The van der Waals surface area contributed by atoms with Gasteiger partial charge < -0.3 is 8.98 Å². The second-order valence-corrected chi connectivity index (χ2v) is 9.17. The number of benzene rings is 5. The molecule has 0 unspecified atom stereocenters. The average molecular weight is 465 g/mol. The molecule has 5 aromatic carbocycles. The van der Waals surface area contributed by atoms with Crippen LogP contribution >= 0.6 is 0 Å². The summed E-state index contributed by atoms with van der Waals surface area (Å²) in [6.07, 6.45) is 0.987. The average Bonchev–Trinajstić information content (AvgIpc) is 3.52. The number of oxazole rings is 1. The normalized spacial score (nSPS) is 11.6. The predicted molar refractivity (Wildman–Crippen MR) is 149 cm³/mol. The fourth-order valence-electron chi connectivity index (χ4n) is 5.13. The van der Waals surface area contributed by atoms with E-state index in [2.05, 4.69) is 121 Å². The van der Waals surface area contributed by atoms with E-state index in [-0.39, 0.29) is 0 Å². The Hall–Kier alpha value is -4.63. The molecule has 7 rings (SSSR count). The summed E-state index contributed by atoms with van der Waals surface area (Å²) in [5.41, 5.74) is 9.94. The molecule has 2 heterocycles. The maximum Gasteiger partial charge on any atom is 0.227 e. The van der Waals surface area contributed by atoms with Gasteiger partial charge in [-0.25, -0.2) is 4.98 Å². The van der Waals surface area contributed by atoms with Gasteiger partial charge >= 0.3 is 0 Å². The number of fused-ring (bicyclic) bond motifs is 4. The van der Waals surface area contributed by atoms with Crippen LogP contribution in [-0.2, 0) is 6.42 Å². The molecular weight excluding hydrogens is 440 g/mol. The molecule has 0 bridgehead atoms. The molecular formula is C33H24N2O. The lowest BCUT2D eigenvalue weighted by Gasteiger charge is -2.08. The van der Waals surface area contributed by atoms with Gasteiger partial charge in [-0.05, 0) is 77.7 Å². The minimum Gasteiger partial charge on any atom is -0.436 e. The van der Waals surface area contributed by atoms with Crippen molar-refractivity contribution in [1.29, 1.82) is 0 Å². The Kier molecular flexibility index (Phi) is 4.74. The SMILES string of the molecule is CCc1ccc2oc(-c3ccc(-c4ccc5c(c4)c4ccccc4n5-c4ccccc4)cc3)nc2c1. The third-order valence-electron chi connectivity index (χ3n) is 7.01. The van der Waals surface area contributed by atoms with Gasteiger partial charge in [0, 0.05) is 22.0 Å². The van der Waals surface area contributed by atoms with E-state index in [0.717, 1.165) is 23.1 Å². The first kappa shape index (κ1) is 20.7. The largest absolute Gasteiger partial charge is 0.436 e. The van der Waals surface area contributed by atoms with Crippen LogP contribution in [0.5, 0.6) is 0 Å². The number of rotatable bonds is 4. The molecule has 3 heteroatoms. The number of para-hydroxylation sites is 2. The lowest BCUT2D eigenvalue weighted by atomic mass is 10.0. The van der Waals surface area contributed by atoms with E-state index >= 15 is 0 Å². The zero-order valence-corrected chi connectivity index (χ0v) is 20.0. The molecule has 0 aliphatic rings. The van der Waals surface area contributed by atoms with Crippen molar-refractivity contribution in [2.24, 2.45) is 0 Å². The van der Waals surface area contributed by atoms with Gasteiger partial charge in [0.05, 0.1) is 11.0 Å². The van der Waals surface area contributed by atoms with Gasteiger partial charge in [-0.15, -0.1) is 0 Å². The van der Waals surface area contributed by atoms with E-state index in [1.165, 1.54) is 44.2 Å². The number of nitrogens with zero attached hydrogens (tertiary/aromatic N) is 2. The molecule has 0 aliphatic carbocycles. The molecule has 0 fully saturated rings. The minimum absolute atomic E-state index is 0.659. The van der Waals surface area contributed by atoms with Gasteiger partial charge in [0.1, 0.15) is 5.52 Å². The van der Waals surface area contributed by atoms with Crippen LogP contribution in [0.4, 0.5) is 0 Å². The van der Waals surface area contributed by atoms with Crippen LogP contribution in [0.25, 0.3) is 61.2 Å². The summed E-state index contributed by atoms with van der Waals surface area (Å²) in [6.45, 7) is 2.15. The monoisotopic (exact) mass is 464 g/mol. The summed E-state index contributed by atoms with van der Waals surface area (Å²) < 4.78 is 8.38. The van der Waals surface area contributed by atoms with E-state index in [0.29, 0.717) is 5.89 Å². The molecule has 0 spiro atoms. The van der Waals surface area contributed by atoms with E-state index in [1.54, 1.807) is 0 Å². The first-order valence-electron chi connectivity index (χ1n) is 12.4. The smallest absolute Gasteiger partial charge is 0.227 e. The first-order chi connectivity index (χ1) is 17.8. The van der Waals surface area contributed by atoms with E-state index < -0.39 is 0 Å². The summed E-state index contributed by atoms with van der Waals surface area (Å²) in [4.78, 5) is 4.73. The molecule has 0 N–H and O–H groups in total. The highest BCUT2D eigenvalue weighted by atomic mass is 16.3. The topological polar surface area (TPSA) is 31.0 Å². The Labute approximate surface area is 209 Å². The van der Waals surface area contributed by atoms with Crippen molar-refractivity contribution < 1.29 is 4.42 Å². The Balaban J connectivity index is 1.30. The van der Waals surface area contributed by atoms with Crippen molar-refractivity contribution in [1.82, 2.24) is 9.55 Å². The number of aromatic nitrogens is 2. The van der Waals surface area contributed by atoms with Crippen LogP contribution < -0.4 is 0 Å². The Morgan fingerprint density at radius 1 is 0.639 bits per heavy atom. The molecule has 36 heavy (non-hydrogen) atoms. The first-order valence-corrected chi connectivity index (χ1v) is 12.4. The summed E-state index contributed by atoms with van der Waals surface area (Å²) in [5.74, 6) is 0.659. The fourth-order valence-corrected chi connectivity index (χ4v) is 5.13. The van der Waals surface area contributed by atoms with Crippen molar-refractivity contribution in [3.63, 3.8) is 0 Å². The van der Waals surface area contributed by atoms with Crippen molar-refractivity contribution in [3.8, 4) is 28.3 Å². The van der Waals surface area contributed by atoms with Gasteiger partial charge in [0.25, 0.3) is 0 Å². The van der Waals surface area contributed by atoms with Crippen LogP contribution in [0.15, 0.2) is 120 Å². The van der Waals surface area contributed by atoms with E-state index in [9.17, 15) is 0 Å². The van der Waals surface area contributed by atoms with Gasteiger partial charge in [-0.3, -0.25) is 0 Å². The number of hydrogen-bond acceptors (Lipinski definition) is 2. The van der Waals surface area contributed by atoms with Crippen molar-refractivity contribution in [3.05, 3.63) is 121 Å². The quantitative estimate of drug-likeness (QED) is 0.260. The molecule has 172 valence electrons. The third-order valence-corrected chi connectivity index (χ3v) is 7.01. The highest BCUT2D eigenvalue weighted by Crippen LogP contribution is 2.35. The third kappa shape index (κ3) is 3.32. The zero-order chi connectivity index (χ0) is 24.1. The van der Waals surface area contributed by atoms with Gasteiger partial charge in [0.2, 0.25) is 5.89 Å². The Morgan fingerprint density at radius 2 is 1.36 bits per heavy atom. The van der Waals surface area contributed by atoms with E-state index in [4.69, 9.17) is 9.40 Å². The predicted octanol–water partition coefficient (Wildman–Crippen LogP) is 8.82. The minimum atomic E-state index is 0.659. The Morgan fingerprint density at radius 3 is 2.19 bits per heavy atom. The second kappa shape index (κ2) is 8.24. The molecule has 0 radical (unpaired) electrons. The van der Waals surface area contributed by atoms with Gasteiger partial charge in [-0.2, -0.15) is 0 Å². The van der Waals surface area contributed by atoms with Crippen molar-refractivity contribution in [2.75, 3.05) is 0 Å². The summed E-state index contributed by atoms with van der Waals surface area (Å²) >= 11 is 0. The van der Waals surface area contributed by atoms with Crippen molar-refractivity contribution >= 4 is 32.9 Å². The highest BCUT2D eigenvalue weighted by Gasteiger charge is 2.13. The zero-order valence-electron chi connectivity index (χ0n) is 20.0. The van der Waals surface area contributed by atoms with Crippen LogP contribution in [0.3, 0.4) is 0 Å². The van der Waals surface area contributed by atoms with Gasteiger partial charge in [-0.1, -0.05) is 67.6 Å². The molecule has 0 saturated carbocycles. The second-order valence-electron chi connectivity index (χ2n) is 9.17. The lowest BCUT2D eigenvalue weighted by molar-refractivity contribution is 0.620. The van der Waals surface area contributed by atoms with Crippen LogP contribution in [0.2, 0.25) is 0 Å². The molecule has 3 nitrogen and oxygen atoms in total. The standard InChI is InChI=1S/C33H24N2O/c1-2-22-12-19-32-29(20-22)34-33(36-32)24-15-13-23(14-16-24)25-17-18-31-28(21-25)27-10-6-7-11-30(27)35(31)26-8-4-3-5-9-26/h3-21H,2H2,1H3. The van der Waals surface area contributed by atoms with Gasteiger partial charge in [0.15, 0.2) is 5.58 Å².